The molecule has 3 atom stereocenters. The fourth-order valence-corrected chi connectivity index (χ4v) is 4.61. The van der Waals surface area contributed by atoms with E-state index in [1.807, 2.05) is 37.8 Å². The summed E-state index contributed by atoms with van der Waals surface area (Å²) in [6.07, 6.45) is -0.253. The van der Waals surface area contributed by atoms with Crippen molar-refractivity contribution in [2.45, 2.75) is 71.2 Å². The molecule has 6 nitrogen and oxygen atoms in total. The van der Waals surface area contributed by atoms with Crippen LogP contribution < -0.4 is 5.32 Å². The number of nitrogens with one attached hydrogen (secondary N) is 1. The predicted octanol–water partition coefficient (Wildman–Crippen LogP) is 5.60. The fourth-order valence-electron chi connectivity index (χ4n) is 4.48. The van der Waals surface area contributed by atoms with Gasteiger partial charge in [0, 0.05) is 55.6 Å². The Morgan fingerprint density at radius 1 is 1.06 bits per heavy atom. The lowest BCUT2D eigenvalue weighted by atomic mass is 9.94. The summed E-state index contributed by atoms with van der Waals surface area (Å²) in [5.74, 6) is -0.421. The van der Waals surface area contributed by atoms with Gasteiger partial charge in [-0.05, 0) is 70.0 Å². The van der Waals surface area contributed by atoms with Crippen molar-refractivity contribution in [2.24, 2.45) is 0 Å². The molecule has 0 aliphatic carbocycles. The quantitative estimate of drug-likeness (QED) is 0.519. The number of carbonyl (C=O) groups is 2. The summed E-state index contributed by atoms with van der Waals surface area (Å²) in [5, 5.41) is 3.43. The Bertz CT molecular complexity index is 1020. The average molecular weight is 518 g/mol. The molecule has 0 saturated carbocycles. The van der Waals surface area contributed by atoms with Gasteiger partial charge in [0.15, 0.2) is 0 Å². The van der Waals surface area contributed by atoms with Gasteiger partial charge in [0.1, 0.15) is 11.4 Å². The second kappa shape index (κ2) is 12.1. The second-order valence-corrected chi connectivity index (χ2v) is 11.1. The highest BCUT2D eigenvalue weighted by Gasteiger charge is 2.33. The van der Waals surface area contributed by atoms with Crippen molar-refractivity contribution in [3.63, 3.8) is 0 Å². The molecule has 0 spiro atoms. The number of carbonyl (C=O) groups excluding carboxylic acids is 2. The number of rotatable bonds is 7. The SMILES string of the molecule is CC1CN(C(=O)CC(CNC(=O)OC(C)(C)C)c2ccc(Cl)cc2)C(C)CN1Cc1ccc(F)cc1. The van der Waals surface area contributed by atoms with Gasteiger partial charge < -0.3 is 15.0 Å². The topological polar surface area (TPSA) is 61.9 Å². The summed E-state index contributed by atoms with van der Waals surface area (Å²) in [5.41, 5.74) is 1.38. The summed E-state index contributed by atoms with van der Waals surface area (Å²) in [6.45, 7) is 11.9. The van der Waals surface area contributed by atoms with Crippen molar-refractivity contribution in [3.8, 4) is 0 Å². The summed E-state index contributed by atoms with van der Waals surface area (Å²) in [6, 6.07) is 14.1. The van der Waals surface area contributed by atoms with Crippen LogP contribution in [0.15, 0.2) is 48.5 Å². The first-order valence-electron chi connectivity index (χ1n) is 12.4. The molecule has 36 heavy (non-hydrogen) atoms. The van der Waals surface area contributed by atoms with Crippen molar-refractivity contribution in [1.29, 1.82) is 0 Å². The van der Waals surface area contributed by atoms with Crippen LogP contribution in [-0.2, 0) is 16.1 Å². The highest BCUT2D eigenvalue weighted by atomic mass is 35.5. The number of nitrogens with zero attached hydrogens (tertiary/aromatic N) is 2. The standard InChI is InChI=1S/C28H37ClFN3O3/c1-19-17-33(20(2)16-32(19)18-21-6-12-25(30)13-7-21)26(34)14-23(22-8-10-24(29)11-9-22)15-31-27(35)36-28(3,4)5/h6-13,19-20,23H,14-18H2,1-5H3,(H,31,35). The Morgan fingerprint density at radius 2 is 1.69 bits per heavy atom. The number of alkyl carbamates (subject to hydrolysis) is 1. The third-order valence-electron chi connectivity index (χ3n) is 6.39. The van der Waals surface area contributed by atoms with E-state index in [-0.39, 0.29) is 42.7 Å². The third-order valence-corrected chi connectivity index (χ3v) is 6.64. The Balaban J connectivity index is 1.65. The van der Waals surface area contributed by atoms with Gasteiger partial charge in [-0.25, -0.2) is 9.18 Å². The Kier molecular flexibility index (Phi) is 9.36. The second-order valence-electron chi connectivity index (χ2n) is 10.6. The van der Waals surface area contributed by atoms with Crippen LogP contribution >= 0.6 is 11.6 Å². The summed E-state index contributed by atoms with van der Waals surface area (Å²) >= 11 is 6.07. The number of hydrogen-bond acceptors (Lipinski definition) is 4. The smallest absolute Gasteiger partial charge is 0.407 e. The van der Waals surface area contributed by atoms with E-state index in [0.29, 0.717) is 18.1 Å². The lowest BCUT2D eigenvalue weighted by Crippen LogP contribution is -2.57. The zero-order valence-corrected chi connectivity index (χ0v) is 22.5. The summed E-state index contributed by atoms with van der Waals surface area (Å²) in [4.78, 5) is 30.0. The number of ether oxygens (including phenoxy) is 1. The van der Waals surface area contributed by atoms with Gasteiger partial charge >= 0.3 is 6.09 Å². The first kappa shape index (κ1) is 27.9. The number of amides is 2. The Morgan fingerprint density at radius 3 is 2.31 bits per heavy atom. The van der Waals surface area contributed by atoms with Gasteiger partial charge in [-0.2, -0.15) is 0 Å². The number of halogens is 2. The zero-order chi connectivity index (χ0) is 26.5. The highest BCUT2D eigenvalue weighted by molar-refractivity contribution is 6.30. The van der Waals surface area contributed by atoms with Gasteiger partial charge in [-0.15, -0.1) is 0 Å². The number of piperazine rings is 1. The molecule has 0 aromatic heterocycles. The zero-order valence-electron chi connectivity index (χ0n) is 21.8. The predicted molar refractivity (Wildman–Crippen MR) is 140 cm³/mol. The summed E-state index contributed by atoms with van der Waals surface area (Å²) < 4.78 is 18.6. The number of benzene rings is 2. The lowest BCUT2D eigenvalue weighted by Gasteiger charge is -2.44. The van der Waals surface area contributed by atoms with Crippen molar-refractivity contribution in [3.05, 3.63) is 70.5 Å². The molecule has 2 amide bonds. The molecule has 1 aliphatic rings. The molecule has 2 aromatic carbocycles. The average Bonchev–Trinajstić information content (AvgIpc) is 2.79. The third kappa shape index (κ3) is 8.20. The van der Waals surface area contributed by atoms with Crippen molar-refractivity contribution in [2.75, 3.05) is 19.6 Å². The van der Waals surface area contributed by atoms with E-state index in [1.165, 1.54) is 12.1 Å². The molecule has 1 saturated heterocycles. The molecular weight excluding hydrogens is 481 g/mol. The van der Waals surface area contributed by atoms with E-state index in [9.17, 15) is 14.0 Å². The maximum Gasteiger partial charge on any atom is 0.407 e. The van der Waals surface area contributed by atoms with Crippen molar-refractivity contribution < 1.29 is 18.7 Å². The van der Waals surface area contributed by atoms with E-state index >= 15 is 0 Å². The largest absolute Gasteiger partial charge is 0.444 e. The van der Waals surface area contributed by atoms with E-state index in [2.05, 4.69) is 24.1 Å². The van der Waals surface area contributed by atoms with E-state index < -0.39 is 11.7 Å². The molecule has 0 bridgehead atoms. The van der Waals surface area contributed by atoms with Gasteiger partial charge in [0.2, 0.25) is 5.91 Å². The minimum atomic E-state index is -0.602. The summed E-state index contributed by atoms with van der Waals surface area (Å²) in [7, 11) is 0. The van der Waals surface area contributed by atoms with Crippen LogP contribution in [0, 0.1) is 5.82 Å². The molecule has 1 heterocycles. The van der Waals surface area contributed by atoms with Crippen molar-refractivity contribution >= 4 is 23.6 Å². The van der Waals surface area contributed by atoms with E-state index in [0.717, 1.165) is 17.7 Å². The first-order valence-corrected chi connectivity index (χ1v) is 12.8. The van der Waals surface area contributed by atoms with E-state index in [1.54, 1.807) is 24.3 Å². The molecule has 8 heteroatoms. The molecule has 0 radical (unpaired) electrons. The Labute approximate surface area is 218 Å². The monoisotopic (exact) mass is 517 g/mol. The van der Waals surface area contributed by atoms with Gasteiger partial charge in [-0.3, -0.25) is 9.69 Å². The minimum absolute atomic E-state index is 0.0267. The first-order chi connectivity index (χ1) is 16.9. The molecule has 1 aliphatic heterocycles. The normalized spacial score (nSPS) is 19.6. The van der Waals surface area contributed by atoms with Crippen molar-refractivity contribution in [1.82, 2.24) is 15.1 Å². The molecular formula is C28H37ClFN3O3. The lowest BCUT2D eigenvalue weighted by molar-refractivity contribution is -0.137. The maximum absolute atomic E-state index is 13.5. The number of hydrogen-bond donors (Lipinski definition) is 1. The van der Waals surface area contributed by atoms with Crippen LogP contribution in [0.5, 0.6) is 0 Å². The van der Waals surface area contributed by atoms with Crippen LogP contribution in [0.25, 0.3) is 0 Å². The molecule has 196 valence electrons. The van der Waals surface area contributed by atoms with Crippen LogP contribution in [-0.4, -0.2) is 59.1 Å². The molecule has 2 aromatic rings. The van der Waals surface area contributed by atoms with Crippen LogP contribution in [0.4, 0.5) is 9.18 Å². The molecule has 1 fully saturated rings. The van der Waals surface area contributed by atoms with Crippen LogP contribution in [0.2, 0.25) is 5.02 Å². The fraction of sp³-hybridized carbons (Fsp3) is 0.500. The molecule has 1 N–H and O–H groups in total. The maximum atomic E-state index is 13.5. The Hall–Kier alpha value is -2.64. The van der Waals surface area contributed by atoms with E-state index in [4.69, 9.17) is 16.3 Å². The minimum Gasteiger partial charge on any atom is -0.444 e. The molecule has 3 unspecified atom stereocenters. The van der Waals surface area contributed by atoms with Crippen LogP contribution in [0.3, 0.4) is 0 Å². The molecule has 3 rings (SSSR count). The van der Waals surface area contributed by atoms with Gasteiger partial charge in [0.05, 0.1) is 0 Å². The highest BCUT2D eigenvalue weighted by Crippen LogP contribution is 2.25. The van der Waals surface area contributed by atoms with Gasteiger partial charge in [-0.1, -0.05) is 35.9 Å². The van der Waals surface area contributed by atoms with Gasteiger partial charge in [0.25, 0.3) is 0 Å². The van der Waals surface area contributed by atoms with Crippen LogP contribution in [0.1, 0.15) is 58.1 Å².